The van der Waals surface area contributed by atoms with Crippen LogP contribution in [0.25, 0.3) is 0 Å². The first kappa shape index (κ1) is 9.70. The van der Waals surface area contributed by atoms with E-state index < -0.39 is 0 Å². The Morgan fingerprint density at radius 1 is 1.69 bits per heavy atom. The number of aryl methyl sites for hydroxylation is 1. The van der Waals surface area contributed by atoms with Crippen molar-refractivity contribution in [2.75, 3.05) is 0 Å². The molecule has 1 heterocycles. The largest absolute Gasteiger partial charge is 0.349 e. The quantitative estimate of drug-likeness (QED) is 0.729. The van der Waals surface area contributed by atoms with Crippen LogP contribution in [0.15, 0.2) is 6.33 Å². The van der Waals surface area contributed by atoms with Gasteiger partial charge in [0.1, 0.15) is 12.2 Å². The Labute approximate surface area is 77.2 Å². The second kappa shape index (κ2) is 4.59. The maximum atomic E-state index is 10.6. The maximum Gasteiger partial charge on any atom is 0.217 e. The lowest BCUT2D eigenvalue weighted by Crippen LogP contribution is -2.22. The number of carbonyl (C=O) groups excluding carboxylic acids is 1. The zero-order chi connectivity index (χ0) is 9.68. The molecule has 0 aliphatic carbocycles. The molecule has 0 saturated heterocycles. The van der Waals surface area contributed by atoms with E-state index in [0.29, 0.717) is 6.54 Å². The Hall–Kier alpha value is -1.39. The van der Waals surface area contributed by atoms with Crippen molar-refractivity contribution in [1.82, 2.24) is 20.1 Å². The summed E-state index contributed by atoms with van der Waals surface area (Å²) in [7, 11) is 0. The summed E-state index contributed by atoms with van der Waals surface area (Å²) in [6.45, 7) is 4.86. The molecule has 1 aromatic heterocycles. The fraction of sp³-hybridized carbons (Fsp3) is 0.625. The fourth-order valence-corrected chi connectivity index (χ4v) is 1.03. The minimum Gasteiger partial charge on any atom is -0.349 e. The third-order valence-corrected chi connectivity index (χ3v) is 1.63. The van der Waals surface area contributed by atoms with Crippen LogP contribution in [0.2, 0.25) is 0 Å². The highest BCUT2D eigenvalue weighted by molar-refractivity contribution is 5.72. The summed E-state index contributed by atoms with van der Waals surface area (Å²) in [5, 5.41) is 6.72. The molecule has 0 bridgehead atoms. The van der Waals surface area contributed by atoms with Crippen LogP contribution in [-0.4, -0.2) is 20.7 Å². The van der Waals surface area contributed by atoms with Crippen LogP contribution in [0.1, 0.15) is 26.1 Å². The summed E-state index contributed by atoms with van der Waals surface area (Å²) >= 11 is 0. The van der Waals surface area contributed by atoms with Crippen LogP contribution in [-0.2, 0) is 17.9 Å². The van der Waals surface area contributed by atoms with Crippen molar-refractivity contribution >= 4 is 5.91 Å². The van der Waals surface area contributed by atoms with E-state index in [1.807, 2.05) is 0 Å². The van der Waals surface area contributed by atoms with Crippen molar-refractivity contribution in [3.8, 4) is 0 Å². The molecule has 0 unspecified atom stereocenters. The second-order valence-electron chi connectivity index (χ2n) is 2.81. The van der Waals surface area contributed by atoms with Crippen LogP contribution in [0.5, 0.6) is 0 Å². The lowest BCUT2D eigenvalue weighted by atomic mass is 10.4. The Morgan fingerprint density at radius 3 is 3.08 bits per heavy atom. The highest BCUT2D eigenvalue weighted by Gasteiger charge is 2.02. The van der Waals surface area contributed by atoms with Crippen molar-refractivity contribution in [2.45, 2.75) is 33.4 Å². The maximum absolute atomic E-state index is 10.6. The Morgan fingerprint density at radius 2 is 2.46 bits per heavy atom. The van der Waals surface area contributed by atoms with Crippen molar-refractivity contribution in [2.24, 2.45) is 0 Å². The smallest absolute Gasteiger partial charge is 0.217 e. The zero-order valence-electron chi connectivity index (χ0n) is 7.95. The first-order chi connectivity index (χ1) is 6.24. The molecule has 5 nitrogen and oxygen atoms in total. The highest BCUT2D eigenvalue weighted by atomic mass is 16.1. The van der Waals surface area contributed by atoms with Crippen LogP contribution in [0.4, 0.5) is 0 Å². The summed E-state index contributed by atoms with van der Waals surface area (Å²) in [5.74, 6) is 0.753. The van der Waals surface area contributed by atoms with Crippen LogP contribution in [0.3, 0.4) is 0 Å². The molecule has 5 heteroatoms. The number of hydrogen-bond acceptors (Lipinski definition) is 3. The number of nitrogens with one attached hydrogen (secondary N) is 1. The van der Waals surface area contributed by atoms with E-state index in [9.17, 15) is 4.79 Å². The third-order valence-electron chi connectivity index (χ3n) is 1.63. The summed E-state index contributed by atoms with van der Waals surface area (Å²) < 4.78 is 1.80. The van der Waals surface area contributed by atoms with Crippen molar-refractivity contribution in [1.29, 1.82) is 0 Å². The van der Waals surface area contributed by atoms with Gasteiger partial charge in [0.2, 0.25) is 5.91 Å². The average Bonchev–Trinajstić information content (AvgIpc) is 2.49. The van der Waals surface area contributed by atoms with Gasteiger partial charge >= 0.3 is 0 Å². The molecule has 0 aliphatic heterocycles. The highest BCUT2D eigenvalue weighted by Crippen LogP contribution is 1.94. The predicted octanol–water partition coefficient (Wildman–Crippen LogP) is 0.324. The van der Waals surface area contributed by atoms with Gasteiger partial charge in [0, 0.05) is 13.5 Å². The van der Waals surface area contributed by atoms with E-state index >= 15 is 0 Å². The van der Waals surface area contributed by atoms with Gasteiger partial charge in [0.25, 0.3) is 0 Å². The Kier molecular flexibility index (Phi) is 3.42. The normalized spacial score (nSPS) is 10.0. The summed E-state index contributed by atoms with van der Waals surface area (Å²) in [6, 6.07) is 0. The molecule has 1 N–H and O–H groups in total. The molecule has 1 aromatic rings. The standard InChI is InChI=1S/C8H14N4O/c1-3-4-12-8(10-6-11-12)5-9-7(2)13/h6H,3-5H2,1-2H3,(H,9,13). The monoisotopic (exact) mass is 182 g/mol. The Bertz CT molecular complexity index is 281. The molecule has 0 radical (unpaired) electrons. The topological polar surface area (TPSA) is 59.8 Å². The minimum atomic E-state index is -0.0500. The molecule has 0 saturated carbocycles. The van der Waals surface area contributed by atoms with Crippen molar-refractivity contribution in [3.63, 3.8) is 0 Å². The number of carbonyl (C=O) groups is 1. The van der Waals surface area contributed by atoms with E-state index in [1.165, 1.54) is 13.3 Å². The van der Waals surface area contributed by atoms with Gasteiger partial charge in [-0.15, -0.1) is 0 Å². The van der Waals surface area contributed by atoms with Crippen LogP contribution < -0.4 is 5.32 Å². The molecular weight excluding hydrogens is 168 g/mol. The average molecular weight is 182 g/mol. The predicted molar refractivity (Wildman–Crippen MR) is 47.8 cm³/mol. The molecule has 1 rings (SSSR count). The molecule has 13 heavy (non-hydrogen) atoms. The summed E-state index contributed by atoms with van der Waals surface area (Å²) in [6.07, 6.45) is 2.52. The lowest BCUT2D eigenvalue weighted by Gasteiger charge is -2.03. The molecule has 0 fully saturated rings. The number of amides is 1. The van der Waals surface area contributed by atoms with E-state index in [2.05, 4.69) is 22.3 Å². The molecule has 1 amide bonds. The molecule has 0 aromatic carbocycles. The van der Waals surface area contributed by atoms with Gasteiger partial charge in [0.05, 0.1) is 6.54 Å². The van der Waals surface area contributed by atoms with Gasteiger partial charge in [-0.3, -0.25) is 4.79 Å². The van der Waals surface area contributed by atoms with Crippen LogP contribution in [0, 0.1) is 0 Å². The van der Waals surface area contributed by atoms with Gasteiger partial charge in [-0.25, -0.2) is 9.67 Å². The molecule has 0 spiro atoms. The van der Waals surface area contributed by atoms with E-state index in [1.54, 1.807) is 4.68 Å². The lowest BCUT2D eigenvalue weighted by molar-refractivity contribution is -0.119. The first-order valence-corrected chi connectivity index (χ1v) is 4.35. The van der Waals surface area contributed by atoms with Gasteiger partial charge in [0.15, 0.2) is 0 Å². The number of hydrogen-bond donors (Lipinski definition) is 1. The number of aromatic nitrogens is 3. The molecular formula is C8H14N4O. The van der Waals surface area contributed by atoms with Gasteiger partial charge in [-0.1, -0.05) is 6.92 Å². The van der Waals surface area contributed by atoms with Crippen LogP contribution >= 0.6 is 0 Å². The SMILES string of the molecule is CCCn1ncnc1CNC(C)=O. The van der Waals surface area contributed by atoms with Gasteiger partial charge < -0.3 is 5.32 Å². The zero-order valence-corrected chi connectivity index (χ0v) is 7.95. The summed E-state index contributed by atoms with van der Waals surface area (Å²) in [5.41, 5.74) is 0. The number of rotatable bonds is 4. The van der Waals surface area contributed by atoms with Gasteiger partial charge in [-0.2, -0.15) is 5.10 Å². The summed E-state index contributed by atoms with van der Waals surface area (Å²) in [4.78, 5) is 14.7. The Balaban J connectivity index is 2.54. The van der Waals surface area contributed by atoms with Gasteiger partial charge in [-0.05, 0) is 6.42 Å². The molecule has 0 aliphatic rings. The third kappa shape index (κ3) is 2.85. The van der Waals surface area contributed by atoms with Crippen molar-refractivity contribution in [3.05, 3.63) is 12.2 Å². The number of nitrogens with zero attached hydrogens (tertiary/aromatic N) is 3. The molecule has 0 atom stereocenters. The van der Waals surface area contributed by atoms with E-state index in [-0.39, 0.29) is 5.91 Å². The molecule has 72 valence electrons. The first-order valence-electron chi connectivity index (χ1n) is 4.35. The fourth-order valence-electron chi connectivity index (χ4n) is 1.03. The second-order valence-corrected chi connectivity index (χ2v) is 2.81. The minimum absolute atomic E-state index is 0.0500. The van der Waals surface area contributed by atoms with Crippen molar-refractivity contribution < 1.29 is 4.79 Å². The van der Waals surface area contributed by atoms with E-state index in [0.717, 1.165) is 18.8 Å². The van der Waals surface area contributed by atoms with E-state index in [4.69, 9.17) is 0 Å².